The molecule has 43 heavy (non-hydrogen) atoms. The lowest BCUT2D eigenvalue weighted by Crippen LogP contribution is -2.27. The van der Waals surface area contributed by atoms with Crippen LogP contribution in [-0.4, -0.2) is 55.4 Å². The second-order valence-electron chi connectivity index (χ2n) is 10.3. The molecule has 0 atom stereocenters. The molecule has 0 fully saturated rings. The Morgan fingerprint density at radius 2 is 1.77 bits per heavy atom. The molecule has 1 aromatic heterocycles. The van der Waals surface area contributed by atoms with Crippen LogP contribution >= 0.6 is 22.9 Å². The summed E-state index contributed by atoms with van der Waals surface area (Å²) in [6.07, 6.45) is 2.43. The Balaban J connectivity index is 1.68. The summed E-state index contributed by atoms with van der Waals surface area (Å²) in [6.45, 7) is 7.43. The van der Waals surface area contributed by atoms with Crippen molar-refractivity contribution in [1.29, 1.82) is 0 Å². The molecule has 0 unspecified atom stereocenters. The summed E-state index contributed by atoms with van der Waals surface area (Å²) in [6, 6.07) is 9.97. The highest BCUT2D eigenvalue weighted by atomic mass is 35.5. The summed E-state index contributed by atoms with van der Waals surface area (Å²) in [7, 11) is 1.56. The second-order valence-corrected chi connectivity index (χ2v) is 11.6. The van der Waals surface area contributed by atoms with Gasteiger partial charge in [0.2, 0.25) is 0 Å². The fourth-order valence-corrected chi connectivity index (χ4v) is 4.78. The fraction of sp³-hybridized carbons (Fsp3) is 0.419. The van der Waals surface area contributed by atoms with Crippen LogP contribution in [0.3, 0.4) is 0 Å². The molecule has 0 saturated heterocycles. The first-order chi connectivity index (χ1) is 20.5. The number of nitrogens with zero attached hydrogens (tertiary/aromatic N) is 1. The SMILES string of the molecule is CCOC(=O)CCCCCOc1cc(C(=O)Nc2nc(-c3ccc(OC)cc3Cl)cs2)ccc1OCC(=O)OC(C)(C)C. The van der Waals surface area contributed by atoms with E-state index in [2.05, 4.69) is 10.3 Å². The molecule has 1 heterocycles. The number of methoxy groups -OCH3 is 1. The summed E-state index contributed by atoms with van der Waals surface area (Å²) in [5.41, 5.74) is 0.982. The highest BCUT2D eigenvalue weighted by Gasteiger charge is 2.19. The first kappa shape index (κ1) is 33.7. The fourth-order valence-electron chi connectivity index (χ4n) is 3.81. The van der Waals surface area contributed by atoms with Crippen LogP contribution in [0.5, 0.6) is 17.2 Å². The Hall–Kier alpha value is -3.83. The summed E-state index contributed by atoms with van der Waals surface area (Å²) in [5.74, 6) is 0.0617. The molecule has 10 nitrogen and oxygen atoms in total. The van der Waals surface area contributed by atoms with Crippen molar-refractivity contribution in [3.8, 4) is 28.5 Å². The van der Waals surface area contributed by atoms with Crippen LogP contribution in [0, 0.1) is 0 Å². The number of hydrogen-bond acceptors (Lipinski definition) is 10. The number of halogens is 1. The van der Waals surface area contributed by atoms with Crippen LogP contribution < -0.4 is 19.5 Å². The molecule has 0 bridgehead atoms. The average molecular weight is 633 g/mol. The number of benzene rings is 2. The number of hydrogen-bond donors (Lipinski definition) is 1. The lowest BCUT2D eigenvalue weighted by atomic mass is 10.1. The van der Waals surface area contributed by atoms with Gasteiger partial charge in [-0.05, 0) is 83.4 Å². The summed E-state index contributed by atoms with van der Waals surface area (Å²) >= 11 is 7.64. The number of carbonyl (C=O) groups is 3. The van der Waals surface area contributed by atoms with E-state index in [9.17, 15) is 14.4 Å². The Morgan fingerprint density at radius 3 is 2.47 bits per heavy atom. The molecule has 3 rings (SSSR count). The van der Waals surface area contributed by atoms with Gasteiger partial charge in [0.1, 0.15) is 11.4 Å². The molecule has 0 saturated carbocycles. The first-order valence-corrected chi connectivity index (χ1v) is 15.1. The summed E-state index contributed by atoms with van der Waals surface area (Å²) in [4.78, 5) is 41.4. The van der Waals surface area contributed by atoms with Gasteiger partial charge in [-0.1, -0.05) is 11.6 Å². The molecule has 0 radical (unpaired) electrons. The number of nitrogens with one attached hydrogen (secondary N) is 1. The van der Waals surface area contributed by atoms with E-state index in [-0.39, 0.29) is 12.6 Å². The van der Waals surface area contributed by atoms with Crippen molar-refractivity contribution < 1.29 is 38.1 Å². The average Bonchev–Trinajstić information content (AvgIpc) is 3.41. The topological polar surface area (TPSA) is 122 Å². The summed E-state index contributed by atoms with van der Waals surface area (Å²) in [5, 5.41) is 5.47. The normalized spacial score (nSPS) is 11.0. The van der Waals surface area contributed by atoms with E-state index in [1.807, 2.05) is 0 Å². The van der Waals surface area contributed by atoms with Crippen molar-refractivity contribution in [3.63, 3.8) is 0 Å². The predicted octanol–water partition coefficient (Wildman–Crippen LogP) is 6.95. The number of aromatic nitrogens is 1. The molecule has 1 amide bonds. The molecule has 232 valence electrons. The maximum absolute atomic E-state index is 13.1. The van der Waals surface area contributed by atoms with Crippen molar-refractivity contribution in [2.45, 2.75) is 59.0 Å². The van der Waals surface area contributed by atoms with Crippen LogP contribution in [0.15, 0.2) is 41.8 Å². The van der Waals surface area contributed by atoms with Crippen molar-refractivity contribution in [3.05, 3.63) is 52.4 Å². The van der Waals surface area contributed by atoms with Gasteiger partial charge in [-0.3, -0.25) is 14.9 Å². The smallest absolute Gasteiger partial charge is 0.344 e. The van der Waals surface area contributed by atoms with Crippen LogP contribution in [0.25, 0.3) is 11.3 Å². The van der Waals surface area contributed by atoms with E-state index < -0.39 is 17.5 Å². The molecule has 1 N–H and O–H groups in total. The largest absolute Gasteiger partial charge is 0.497 e. The number of thiazole rings is 1. The third-order valence-corrected chi connectivity index (χ3v) is 6.81. The third kappa shape index (κ3) is 11.1. The number of unbranched alkanes of at least 4 members (excludes halogenated alkanes) is 2. The van der Waals surface area contributed by atoms with Crippen molar-refractivity contribution in [1.82, 2.24) is 4.98 Å². The number of esters is 2. The molecular weight excluding hydrogens is 596 g/mol. The highest BCUT2D eigenvalue weighted by Crippen LogP contribution is 2.34. The maximum atomic E-state index is 13.1. The lowest BCUT2D eigenvalue weighted by Gasteiger charge is -2.20. The van der Waals surface area contributed by atoms with Crippen molar-refractivity contribution in [2.75, 3.05) is 32.2 Å². The van der Waals surface area contributed by atoms with Gasteiger partial charge in [-0.2, -0.15) is 0 Å². The van der Waals surface area contributed by atoms with Gasteiger partial charge in [0.05, 0.1) is 31.0 Å². The number of amides is 1. The minimum atomic E-state index is -0.653. The molecule has 2 aromatic carbocycles. The predicted molar refractivity (Wildman–Crippen MR) is 165 cm³/mol. The Kier molecular flexibility index (Phi) is 12.6. The van der Waals surface area contributed by atoms with Gasteiger partial charge in [0.15, 0.2) is 23.2 Å². The number of ether oxygens (including phenoxy) is 5. The quantitative estimate of drug-likeness (QED) is 0.140. The molecule has 0 aliphatic heterocycles. The van der Waals surface area contributed by atoms with Crippen LogP contribution in [0.2, 0.25) is 5.02 Å². The Bertz CT molecular complexity index is 1400. The minimum Gasteiger partial charge on any atom is -0.497 e. The summed E-state index contributed by atoms with van der Waals surface area (Å²) < 4.78 is 27.1. The molecule has 12 heteroatoms. The van der Waals surface area contributed by atoms with Crippen molar-refractivity contribution >= 4 is 45.9 Å². The zero-order valence-electron chi connectivity index (χ0n) is 25.0. The number of anilines is 1. The third-order valence-electron chi connectivity index (χ3n) is 5.74. The molecule has 0 aliphatic carbocycles. The van der Waals surface area contributed by atoms with E-state index in [4.69, 9.17) is 35.3 Å². The number of rotatable bonds is 15. The molecule has 3 aromatic rings. The molecular formula is C31H37ClN2O8S. The van der Waals surface area contributed by atoms with Crippen LogP contribution in [0.1, 0.15) is 63.7 Å². The molecule has 0 spiro atoms. The Labute approximate surface area is 260 Å². The minimum absolute atomic E-state index is 0.223. The van der Waals surface area contributed by atoms with E-state index in [1.54, 1.807) is 76.6 Å². The van der Waals surface area contributed by atoms with Gasteiger partial charge in [0, 0.05) is 22.9 Å². The standard InChI is InChI=1S/C31H37ClN2O8S/c1-6-39-27(35)10-8-7-9-15-40-26-16-20(11-14-25(26)41-18-28(36)42-31(2,3)4)29(37)34-30-33-24(19-43-30)22-13-12-21(38-5)17-23(22)32/h11-14,16-17,19H,6-10,15,18H2,1-5H3,(H,33,34,37). The molecule has 0 aliphatic rings. The van der Waals surface area contributed by atoms with Crippen LogP contribution in [0.4, 0.5) is 5.13 Å². The number of carbonyl (C=O) groups excluding carboxylic acids is 3. The van der Waals surface area contributed by atoms with Gasteiger partial charge < -0.3 is 23.7 Å². The second kappa shape index (κ2) is 16.1. The van der Waals surface area contributed by atoms with Crippen LogP contribution in [-0.2, 0) is 19.1 Å². The zero-order chi connectivity index (χ0) is 31.4. The van der Waals surface area contributed by atoms with Gasteiger partial charge in [-0.25, -0.2) is 9.78 Å². The van der Waals surface area contributed by atoms with Gasteiger partial charge in [-0.15, -0.1) is 11.3 Å². The van der Waals surface area contributed by atoms with Gasteiger partial charge >= 0.3 is 11.9 Å². The highest BCUT2D eigenvalue weighted by molar-refractivity contribution is 7.14. The van der Waals surface area contributed by atoms with E-state index in [0.29, 0.717) is 76.7 Å². The first-order valence-electron chi connectivity index (χ1n) is 13.9. The van der Waals surface area contributed by atoms with Crippen molar-refractivity contribution in [2.24, 2.45) is 0 Å². The van der Waals surface area contributed by atoms with E-state index >= 15 is 0 Å². The Morgan fingerprint density at radius 1 is 0.977 bits per heavy atom. The monoisotopic (exact) mass is 632 g/mol. The zero-order valence-corrected chi connectivity index (χ0v) is 26.6. The van der Waals surface area contributed by atoms with Gasteiger partial charge in [0.25, 0.3) is 5.91 Å². The lowest BCUT2D eigenvalue weighted by molar-refractivity contribution is -0.157. The van der Waals surface area contributed by atoms with E-state index in [1.165, 1.54) is 11.3 Å². The maximum Gasteiger partial charge on any atom is 0.344 e. The van der Waals surface area contributed by atoms with E-state index in [0.717, 1.165) is 6.42 Å².